The lowest BCUT2D eigenvalue weighted by Crippen LogP contribution is -2.26. The summed E-state index contributed by atoms with van der Waals surface area (Å²) in [5.41, 5.74) is 8.60. The second kappa shape index (κ2) is 9.88. The fraction of sp³-hybridized carbons (Fsp3) is 0.375. The Morgan fingerprint density at radius 1 is 0.941 bits per heavy atom. The number of aromatic nitrogens is 1. The highest BCUT2D eigenvalue weighted by atomic mass is 16.3. The molecule has 1 N–H and O–H groups in total. The molecule has 0 aliphatic heterocycles. The van der Waals surface area contributed by atoms with Gasteiger partial charge in [-0.1, -0.05) is 75.2 Å². The predicted molar refractivity (Wildman–Crippen MR) is 143 cm³/mol. The average molecular weight is 452 g/mol. The number of aliphatic hydroxyl groups is 1. The van der Waals surface area contributed by atoms with Gasteiger partial charge in [0.15, 0.2) is 0 Å². The molecule has 2 nitrogen and oxygen atoms in total. The minimum Gasteiger partial charge on any atom is -0.386 e. The summed E-state index contributed by atoms with van der Waals surface area (Å²) in [6.45, 7) is 14.9. The molecule has 176 valence electrons. The summed E-state index contributed by atoms with van der Waals surface area (Å²) in [7, 11) is 0. The van der Waals surface area contributed by atoms with Crippen molar-refractivity contribution in [3.05, 3.63) is 101 Å². The first-order chi connectivity index (χ1) is 16.3. The molecule has 0 spiro atoms. The Balaban J connectivity index is 1.69. The summed E-state index contributed by atoms with van der Waals surface area (Å²) in [5.74, 6) is 0. The number of hydrogen-bond donors (Lipinski definition) is 1. The van der Waals surface area contributed by atoms with Crippen molar-refractivity contribution < 1.29 is 5.11 Å². The maximum absolute atomic E-state index is 10.7. The third-order valence-electron chi connectivity index (χ3n) is 7.92. The standard InChI is InChI=1S/C32H37NO/c1-6-32(7-2,29-12-13-30(25(5)20-29)27-18-23(3)21-33-22-27)28-11-10-26(24(4)19-28)14-17-31(34)15-8-9-16-31/h3,10-14,17-22,34H,6-9,15-16H2,1-2,4-5H3/b17-14+. The number of hydrogen-bond acceptors (Lipinski definition) is 2. The van der Waals surface area contributed by atoms with Crippen molar-refractivity contribution in [2.45, 2.75) is 77.2 Å². The van der Waals surface area contributed by atoms with Crippen LogP contribution in [0, 0.1) is 20.8 Å². The van der Waals surface area contributed by atoms with Gasteiger partial charge in [-0.2, -0.15) is 0 Å². The Morgan fingerprint density at radius 2 is 1.59 bits per heavy atom. The minimum atomic E-state index is -0.625. The van der Waals surface area contributed by atoms with Crippen LogP contribution in [0.4, 0.5) is 0 Å². The second-order valence-corrected chi connectivity index (χ2v) is 10.0. The Labute approximate surface area is 205 Å². The molecular formula is C32H37NO. The molecule has 0 unspecified atom stereocenters. The van der Waals surface area contributed by atoms with E-state index >= 15 is 0 Å². The van der Waals surface area contributed by atoms with Crippen LogP contribution in [-0.4, -0.2) is 15.7 Å². The van der Waals surface area contributed by atoms with E-state index in [2.05, 4.69) is 75.2 Å². The third-order valence-corrected chi connectivity index (χ3v) is 7.92. The van der Waals surface area contributed by atoms with Crippen LogP contribution in [0.5, 0.6) is 0 Å². The predicted octanol–water partition coefficient (Wildman–Crippen LogP) is 7.85. The zero-order valence-corrected chi connectivity index (χ0v) is 21.1. The fourth-order valence-corrected chi connectivity index (χ4v) is 5.68. The van der Waals surface area contributed by atoms with E-state index in [4.69, 9.17) is 6.92 Å². The van der Waals surface area contributed by atoms with Crippen molar-refractivity contribution in [2.24, 2.45) is 0 Å². The van der Waals surface area contributed by atoms with Gasteiger partial charge in [0.25, 0.3) is 0 Å². The van der Waals surface area contributed by atoms with Crippen LogP contribution in [-0.2, 0) is 5.41 Å². The highest BCUT2D eigenvalue weighted by Gasteiger charge is 2.32. The lowest BCUT2D eigenvalue weighted by Gasteiger charge is -2.34. The van der Waals surface area contributed by atoms with Crippen LogP contribution >= 0.6 is 0 Å². The second-order valence-electron chi connectivity index (χ2n) is 10.0. The normalized spacial score (nSPS) is 15.8. The number of nitrogens with zero attached hydrogens (tertiary/aromatic N) is 1. The summed E-state index contributed by atoms with van der Waals surface area (Å²) < 4.78 is 0. The maximum Gasteiger partial charge on any atom is 0.0830 e. The van der Waals surface area contributed by atoms with Gasteiger partial charge in [-0.25, -0.2) is 0 Å². The molecule has 34 heavy (non-hydrogen) atoms. The van der Waals surface area contributed by atoms with Crippen LogP contribution in [0.3, 0.4) is 0 Å². The lowest BCUT2D eigenvalue weighted by atomic mass is 9.69. The molecular weight excluding hydrogens is 414 g/mol. The van der Waals surface area contributed by atoms with Crippen LogP contribution in [0.1, 0.15) is 85.8 Å². The van der Waals surface area contributed by atoms with E-state index in [0.717, 1.165) is 44.1 Å². The molecule has 1 heterocycles. The van der Waals surface area contributed by atoms with Gasteiger partial charge in [0.2, 0.25) is 0 Å². The smallest absolute Gasteiger partial charge is 0.0830 e. The number of benzene rings is 2. The van der Waals surface area contributed by atoms with E-state index in [1.807, 2.05) is 18.3 Å². The molecule has 2 heteroatoms. The Kier molecular flexibility index (Phi) is 7.09. The maximum atomic E-state index is 10.7. The molecule has 1 aromatic heterocycles. The fourth-order valence-electron chi connectivity index (χ4n) is 5.68. The van der Waals surface area contributed by atoms with E-state index in [1.54, 1.807) is 6.20 Å². The van der Waals surface area contributed by atoms with E-state index in [1.165, 1.54) is 33.4 Å². The monoisotopic (exact) mass is 451 g/mol. The van der Waals surface area contributed by atoms with Crippen molar-refractivity contribution in [1.29, 1.82) is 0 Å². The van der Waals surface area contributed by atoms with E-state index in [-0.39, 0.29) is 5.41 Å². The van der Waals surface area contributed by atoms with Crippen molar-refractivity contribution in [2.75, 3.05) is 0 Å². The van der Waals surface area contributed by atoms with Gasteiger partial charge in [-0.15, -0.1) is 0 Å². The third kappa shape index (κ3) is 4.74. The van der Waals surface area contributed by atoms with Gasteiger partial charge < -0.3 is 5.11 Å². The lowest BCUT2D eigenvalue weighted by molar-refractivity contribution is 0.100. The first-order valence-corrected chi connectivity index (χ1v) is 12.6. The van der Waals surface area contributed by atoms with E-state index in [9.17, 15) is 5.11 Å². The van der Waals surface area contributed by atoms with Crippen molar-refractivity contribution >= 4 is 6.08 Å². The van der Waals surface area contributed by atoms with Gasteiger partial charge in [-0.05, 0) is 84.5 Å². The largest absolute Gasteiger partial charge is 0.386 e. The van der Waals surface area contributed by atoms with Crippen LogP contribution in [0.15, 0.2) is 60.9 Å². The summed E-state index contributed by atoms with van der Waals surface area (Å²) >= 11 is 0. The van der Waals surface area contributed by atoms with Crippen LogP contribution in [0.2, 0.25) is 0 Å². The van der Waals surface area contributed by atoms with Gasteiger partial charge in [-0.3, -0.25) is 4.98 Å². The molecule has 1 aliphatic rings. The quantitative estimate of drug-likeness (QED) is 0.397. The molecule has 0 saturated heterocycles. The highest BCUT2D eigenvalue weighted by Crippen LogP contribution is 2.41. The SMILES string of the molecule is [CH]c1cncc(-c2ccc(C(CC)(CC)c3ccc(/C=C/C4(O)CCCC4)c(C)c3)cc2C)c1. The molecule has 3 aromatic rings. The number of pyridine rings is 1. The molecule has 0 atom stereocenters. The molecule has 2 radical (unpaired) electrons. The molecule has 1 saturated carbocycles. The molecule has 4 rings (SSSR count). The molecule has 1 fully saturated rings. The van der Waals surface area contributed by atoms with Crippen LogP contribution < -0.4 is 0 Å². The zero-order valence-electron chi connectivity index (χ0n) is 21.1. The van der Waals surface area contributed by atoms with E-state index < -0.39 is 5.60 Å². The number of aryl methyl sites for hydroxylation is 2. The topological polar surface area (TPSA) is 33.1 Å². The van der Waals surface area contributed by atoms with Crippen molar-refractivity contribution in [3.8, 4) is 11.1 Å². The first-order valence-electron chi connectivity index (χ1n) is 12.6. The summed E-state index contributed by atoms with van der Waals surface area (Å²) in [4.78, 5) is 4.27. The van der Waals surface area contributed by atoms with Gasteiger partial charge >= 0.3 is 0 Å². The average Bonchev–Trinajstić information content (AvgIpc) is 3.26. The Morgan fingerprint density at radius 3 is 2.18 bits per heavy atom. The Bertz CT molecular complexity index is 1180. The van der Waals surface area contributed by atoms with Gasteiger partial charge in [0.1, 0.15) is 0 Å². The van der Waals surface area contributed by atoms with Crippen molar-refractivity contribution in [1.82, 2.24) is 4.98 Å². The summed E-state index contributed by atoms with van der Waals surface area (Å²) in [6, 6.07) is 15.7. The van der Waals surface area contributed by atoms with Gasteiger partial charge in [0, 0.05) is 30.3 Å². The van der Waals surface area contributed by atoms with Gasteiger partial charge in [0.05, 0.1) is 5.60 Å². The number of rotatable bonds is 7. The Hall–Kier alpha value is -2.71. The van der Waals surface area contributed by atoms with Crippen molar-refractivity contribution in [3.63, 3.8) is 0 Å². The molecule has 1 aliphatic carbocycles. The summed E-state index contributed by atoms with van der Waals surface area (Å²) in [5, 5.41) is 10.7. The molecule has 2 aromatic carbocycles. The van der Waals surface area contributed by atoms with Crippen LogP contribution in [0.25, 0.3) is 17.2 Å². The molecule has 0 amide bonds. The highest BCUT2D eigenvalue weighted by molar-refractivity contribution is 5.68. The minimum absolute atomic E-state index is 0.0477. The molecule has 0 bridgehead atoms. The zero-order chi connectivity index (χ0) is 24.3. The summed E-state index contributed by atoms with van der Waals surface area (Å²) in [6.07, 6.45) is 13.7. The first kappa shape index (κ1) is 24.4. The van der Waals surface area contributed by atoms with E-state index in [0.29, 0.717) is 5.56 Å².